The van der Waals surface area contributed by atoms with E-state index in [0.29, 0.717) is 18.5 Å². The van der Waals surface area contributed by atoms with E-state index in [4.69, 9.17) is 5.73 Å². The molecular formula is C20H26ClF3N4O. The Morgan fingerprint density at radius 2 is 1.86 bits per heavy atom. The number of rotatable bonds is 4. The summed E-state index contributed by atoms with van der Waals surface area (Å²) < 4.78 is 42.4. The molecule has 5 nitrogen and oxygen atoms in total. The zero-order chi connectivity index (χ0) is 20.5. The van der Waals surface area contributed by atoms with E-state index in [1.54, 1.807) is 26.0 Å². The normalized spacial score (nSPS) is 16.2. The van der Waals surface area contributed by atoms with E-state index in [1.807, 2.05) is 0 Å². The van der Waals surface area contributed by atoms with Crippen LogP contribution in [0.2, 0.25) is 0 Å². The number of nitrogens with one attached hydrogen (secondary N) is 1. The lowest BCUT2D eigenvalue weighted by molar-refractivity contribution is -0.138. The van der Waals surface area contributed by atoms with Crippen LogP contribution in [0.4, 0.5) is 13.2 Å². The Balaban J connectivity index is 0.00000300. The van der Waals surface area contributed by atoms with Gasteiger partial charge in [0.25, 0.3) is 0 Å². The van der Waals surface area contributed by atoms with Crippen molar-refractivity contribution in [2.24, 2.45) is 5.73 Å². The zero-order valence-electron chi connectivity index (χ0n) is 16.5. The third-order valence-electron chi connectivity index (χ3n) is 5.29. The first kappa shape index (κ1) is 23.2. The molecule has 9 heteroatoms. The second-order valence-electron chi connectivity index (χ2n) is 7.58. The summed E-state index contributed by atoms with van der Waals surface area (Å²) in [6, 6.07) is 5.83. The smallest absolute Gasteiger partial charge is 0.350 e. The monoisotopic (exact) mass is 430 g/mol. The lowest BCUT2D eigenvalue weighted by atomic mass is 9.82. The summed E-state index contributed by atoms with van der Waals surface area (Å²) in [6.45, 7) is 3.35. The molecule has 1 heterocycles. The van der Waals surface area contributed by atoms with Crippen LogP contribution in [0.15, 0.2) is 24.3 Å². The van der Waals surface area contributed by atoms with Crippen LogP contribution in [0.25, 0.3) is 5.69 Å². The summed E-state index contributed by atoms with van der Waals surface area (Å²) >= 11 is 0. The number of hydrogen-bond acceptors (Lipinski definition) is 3. The molecule has 0 atom stereocenters. The number of aryl methyl sites for hydroxylation is 2. The molecule has 0 bridgehead atoms. The third kappa shape index (κ3) is 5.11. The van der Waals surface area contributed by atoms with Crippen LogP contribution in [0.5, 0.6) is 0 Å². The highest BCUT2D eigenvalue weighted by Gasteiger charge is 2.37. The zero-order valence-corrected chi connectivity index (χ0v) is 17.3. The summed E-state index contributed by atoms with van der Waals surface area (Å²) in [5, 5.41) is 6.85. The first-order valence-electron chi connectivity index (χ1n) is 9.41. The number of carbonyl (C=O) groups is 1. The van der Waals surface area contributed by atoms with E-state index in [2.05, 4.69) is 10.4 Å². The van der Waals surface area contributed by atoms with Gasteiger partial charge in [0, 0.05) is 12.2 Å². The molecule has 160 valence electrons. The molecule has 0 aliphatic heterocycles. The van der Waals surface area contributed by atoms with Gasteiger partial charge in [-0.05, 0) is 50.5 Å². The minimum absolute atomic E-state index is 0. The molecule has 1 fully saturated rings. The lowest BCUT2D eigenvalue weighted by Gasteiger charge is -2.32. The molecule has 1 aromatic heterocycles. The number of aromatic nitrogens is 2. The second-order valence-corrected chi connectivity index (χ2v) is 7.58. The summed E-state index contributed by atoms with van der Waals surface area (Å²) in [7, 11) is 0. The van der Waals surface area contributed by atoms with Gasteiger partial charge >= 0.3 is 6.18 Å². The van der Waals surface area contributed by atoms with Gasteiger partial charge in [-0.1, -0.05) is 25.3 Å². The molecule has 0 radical (unpaired) electrons. The van der Waals surface area contributed by atoms with Crippen LogP contribution in [0.1, 0.15) is 54.6 Å². The topological polar surface area (TPSA) is 72.9 Å². The number of hydrogen-bond donors (Lipinski definition) is 2. The standard InChI is InChI=1S/C20H25F3N4O.ClH/c1-13-10-14(2)27(26-13)16-7-6-15(17(11-16)20(21,22)23)12-25-18(28)19(24)8-4-3-5-9-19;/h6-7,10-11H,3-5,8-9,12,24H2,1-2H3,(H,25,28);1H. The number of benzene rings is 1. The predicted molar refractivity (Wildman–Crippen MR) is 107 cm³/mol. The van der Waals surface area contributed by atoms with Crippen molar-refractivity contribution in [3.8, 4) is 5.69 Å². The van der Waals surface area contributed by atoms with Crippen LogP contribution in [-0.2, 0) is 17.5 Å². The molecule has 0 unspecified atom stereocenters. The van der Waals surface area contributed by atoms with Crippen molar-refractivity contribution in [3.63, 3.8) is 0 Å². The van der Waals surface area contributed by atoms with E-state index in [0.717, 1.165) is 36.7 Å². The average molecular weight is 431 g/mol. The predicted octanol–water partition coefficient (Wildman–Crippen LogP) is 4.21. The summed E-state index contributed by atoms with van der Waals surface area (Å²) in [6.07, 6.45) is -0.691. The molecule has 29 heavy (non-hydrogen) atoms. The van der Waals surface area contributed by atoms with Gasteiger partial charge in [0.2, 0.25) is 5.91 Å². The number of halogens is 4. The molecule has 1 saturated carbocycles. The fraction of sp³-hybridized carbons (Fsp3) is 0.500. The fourth-order valence-corrected chi connectivity index (χ4v) is 3.77. The number of nitrogens with zero attached hydrogens (tertiary/aromatic N) is 2. The number of carbonyl (C=O) groups excluding carboxylic acids is 1. The summed E-state index contributed by atoms with van der Waals surface area (Å²) in [5.41, 5.74) is 6.20. The van der Waals surface area contributed by atoms with Crippen molar-refractivity contribution >= 4 is 18.3 Å². The molecule has 0 saturated heterocycles. The highest BCUT2D eigenvalue weighted by atomic mass is 35.5. The van der Waals surface area contributed by atoms with Crippen LogP contribution < -0.4 is 11.1 Å². The van der Waals surface area contributed by atoms with Crippen molar-refractivity contribution in [3.05, 3.63) is 46.8 Å². The number of nitrogens with two attached hydrogens (primary N) is 1. The van der Waals surface area contributed by atoms with Crippen molar-refractivity contribution in [2.45, 2.75) is 64.2 Å². The quantitative estimate of drug-likeness (QED) is 0.763. The van der Waals surface area contributed by atoms with Gasteiger partial charge in [0.15, 0.2) is 0 Å². The van der Waals surface area contributed by atoms with Crippen LogP contribution >= 0.6 is 12.4 Å². The lowest BCUT2D eigenvalue weighted by Crippen LogP contribution is -2.54. The summed E-state index contributed by atoms with van der Waals surface area (Å²) in [4.78, 5) is 12.5. The van der Waals surface area contributed by atoms with E-state index in [-0.39, 0.29) is 30.4 Å². The Labute approximate surface area is 174 Å². The van der Waals surface area contributed by atoms with E-state index in [1.165, 1.54) is 10.7 Å². The van der Waals surface area contributed by atoms with Crippen molar-refractivity contribution in [1.82, 2.24) is 15.1 Å². The Bertz CT molecular complexity index is 873. The first-order valence-corrected chi connectivity index (χ1v) is 9.41. The molecule has 1 amide bonds. The highest BCUT2D eigenvalue weighted by molar-refractivity contribution is 5.86. The third-order valence-corrected chi connectivity index (χ3v) is 5.29. The number of alkyl halides is 3. The Morgan fingerprint density at radius 1 is 1.21 bits per heavy atom. The van der Waals surface area contributed by atoms with Gasteiger partial charge < -0.3 is 11.1 Å². The average Bonchev–Trinajstić information content (AvgIpc) is 2.97. The molecule has 1 aromatic carbocycles. The van der Waals surface area contributed by atoms with Gasteiger partial charge in [0.05, 0.1) is 22.5 Å². The minimum atomic E-state index is -4.54. The SMILES string of the molecule is Cc1cc(C)n(-c2ccc(CNC(=O)C3(N)CCCCC3)c(C(F)(F)F)c2)n1.Cl. The van der Waals surface area contributed by atoms with E-state index >= 15 is 0 Å². The van der Waals surface area contributed by atoms with Crippen molar-refractivity contribution < 1.29 is 18.0 Å². The maximum Gasteiger partial charge on any atom is 0.416 e. The molecule has 1 aliphatic carbocycles. The van der Waals surface area contributed by atoms with Gasteiger partial charge in [-0.3, -0.25) is 4.79 Å². The van der Waals surface area contributed by atoms with E-state index in [9.17, 15) is 18.0 Å². The van der Waals surface area contributed by atoms with Crippen LogP contribution in [-0.4, -0.2) is 21.2 Å². The van der Waals surface area contributed by atoms with Gasteiger partial charge in [0.1, 0.15) is 0 Å². The maximum atomic E-state index is 13.6. The van der Waals surface area contributed by atoms with Crippen molar-refractivity contribution in [1.29, 1.82) is 0 Å². The van der Waals surface area contributed by atoms with Crippen LogP contribution in [0, 0.1) is 13.8 Å². The van der Waals surface area contributed by atoms with Gasteiger partial charge in [-0.2, -0.15) is 18.3 Å². The Morgan fingerprint density at radius 3 is 2.41 bits per heavy atom. The van der Waals surface area contributed by atoms with Gasteiger partial charge in [-0.25, -0.2) is 4.68 Å². The molecule has 0 spiro atoms. The molecule has 3 N–H and O–H groups in total. The largest absolute Gasteiger partial charge is 0.416 e. The molecule has 2 aromatic rings. The van der Waals surface area contributed by atoms with Gasteiger partial charge in [-0.15, -0.1) is 12.4 Å². The maximum absolute atomic E-state index is 13.6. The second kappa shape index (κ2) is 8.75. The highest BCUT2D eigenvalue weighted by Crippen LogP contribution is 2.34. The first-order chi connectivity index (χ1) is 13.1. The summed E-state index contributed by atoms with van der Waals surface area (Å²) in [5.74, 6) is -0.386. The minimum Gasteiger partial charge on any atom is -0.350 e. The Hall–Kier alpha value is -2.06. The number of amides is 1. The van der Waals surface area contributed by atoms with Crippen LogP contribution in [0.3, 0.4) is 0 Å². The Kier molecular flexibility index (Phi) is 7.01. The fourth-order valence-electron chi connectivity index (χ4n) is 3.77. The molecule has 3 rings (SSSR count). The van der Waals surface area contributed by atoms with E-state index < -0.39 is 17.3 Å². The molecular weight excluding hydrogens is 405 g/mol. The molecule has 1 aliphatic rings. The van der Waals surface area contributed by atoms with Crippen molar-refractivity contribution in [2.75, 3.05) is 0 Å².